The molecule has 0 saturated carbocycles. The van der Waals surface area contributed by atoms with E-state index >= 15 is 0 Å². The number of benzene rings is 3. The van der Waals surface area contributed by atoms with E-state index in [9.17, 15) is 9.59 Å². The summed E-state index contributed by atoms with van der Waals surface area (Å²) in [6.45, 7) is 8.16. The van der Waals surface area contributed by atoms with Gasteiger partial charge in [-0.3, -0.25) is 19.7 Å². The lowest BCUT2D eigenvalue weighted by atomic mass is 10.0. The topological polar surface area (TPSA) is 81.7 Å². The molecule has 0 aliphatic carbocycles. The predicted octanol–water partition coefficient (Wildman–Crippen LogP) is 5.71. The minimum atomic E-state index is -0.610. The Morgan fingerprint density at radius 1 is 0.771 bits per heavy atom. The number of hydrogen-bond acceptors (Lipinski definition) is 4. The summed E-state index contributed by atoms with van der Waals surface area (Å²) < 4.78 is 0. The number of rotatable bonds is 12. The number of carbonyl (C=O) groups is 2. The van der Waals surface area contributed by atoms with Crippen LogP contribution in [-0.2, 0) is 13.1 Å². The molecule has 0 bridgehead atoms. The molecule has 35 heavy (non-hydrogen) atoms. The van der Waals surface area contributed by atoms with Crippen LogP contribution in [0, 0.1) is 0 Å². The molecule has 0 aliphatic rings. The van der Waals surface area contributed by atoms with E-state index in [0.29, 0.717) is 12.1 Å². The maximum absolute atomic E-state index is 12.5. The van der Waals surface area contributed by atoms with Crippen LogP contribution in [0.5, 0.6) is 0 Å². The van der Waals surface area contributed by atoms with Gasteiger partial charge in [0.05, 0.1) is 0 Å². The fraction of sp³-hybridized carbons (Fsp3) is 0.357. The van der Waals surface area contributed by atoms with Gasteiger partial charge >= 0.3 is 0 Å². The van der Waals surface area contributed by atoms with Gasteiger partial charge in [0, 0.05) is 24.2 Å². The smallest absolute Gasteiger partial charge is 0.274 e. The zero-order chi connectivity index (χ0) is 24.3. The number of amides is 2. The molecule has 0 atom stereocenters. The summed E-state index contributed by atoms with van der Waals surface area (Å²) in [5.74, 6) is -0.827. The van der Waals surface area contributed by atoms with Crippen LogP contribution in [0.4, 0.5) is 0 Å². The second kappa shape index (κ2) is 14.5. The van der Waals surface area contributed by atoms with E-state index in [1.54, 1.807) is 17.6 Å². The fourth-order valence-corrected chi connectivity index (χ4v) is 3.97. The number of fused-ring (bicyclic) bond motifs is 1. The van der Waals surface area contributed by atoms with Gasteiger partial charge in [-0.2, -0.15) is 0 Å². The number of nitrogens with zero attached hydrogens (tertiary/aromatic N) is 1. The van der Waals surface area contributed by atoms with Crippen molar-refractivity contribution in [1.82, 2.24) is 15.7 Å². The summed E-state index contributed by atoms with van der Waals surface area (Å²) in [6, 6.07) is 19.0. The Bertz CT molecular complexity index is 1090. The summed E-state index contributed by atoms with van der Waals surface area (Å²) in [5, 5.41) is 14.0. The summed E-state index contributed by atoms with van der Waals surface area (Å²) in [7, 11) is 0. The van der Waals surface area contributed by atoms with Crippen molar-refractivity contribution < 1.29 is 14.8 Å². The number of unbranched alkanes of at least 4 members (excludes halogenated alkanes) is 2. The minimum Gasteiger partial charge on any atom is -0.348 e. The lowest BCUT2D eigenvalue weighted by Crippen LogP contribution is -2.25. The average molecular weight is 498 g/mol. The highest BCUT2D eigenvalue weighted by Gasteiger charge is 2.09. The summed E-state index contributed by atoms with van der Waals surface area (Å²) in [6.07, 6.45) is 4.89. The van der Waals surface area contributed by atoms with Crippen molar-refractivity contribution in [3.8, 4) is 0 Å². The molecular weight excluding hydrogens is 462 g/mol. The molecule has 3 aromatic carbocycles. The average Bonchev–Trinajstić information content (AvgIpc) is 2.88. The van der Waals surface area contributed by atoms with E-state index in [-0.39, 0.29) is 23.9 Å². The highest BCUT2D eigenvalue weighted by atomic mass is 35.5. The Kier molecular flexibility index (Phi) is 11.7. The Morgan fingerprint density at radius 3 is 1.83 bits per heavy atom. The first-order valence-corrected chi connectivity index (χ1v) is 12.1. The first-order chi connectivity index (χ1) is 16.5. The van der Waals surface area contributed by atoms with Gasteiger partial charge in [0.2, 0.25) is 0 Å². The monoisotopic (exact) mass is 497 g/mol. The number of nitrogens with one attached hydrogen (secondary N) is 2. The van der Waals surface area contributed by atoms with E-state index < -0.39 is 5.91 Å². The molecule has 0 heterocycles. The van der Waals surface area contributed by atoms with Crippen molar-refractivity contribution in [1.29, 1.82) is 0 Å². The Morgan fingerprint density at radius 2 is 1.29 bits per heavy atom. The number of halogens is 1. The van der Waals surface area contributed by atoms with Crippen LogP contribution in [0.3, 0.4) is 0 Å². The lowest BCUT2D eigenvalue weighted by molar-refractivity contribution is 0.0706. The molecule has 0 saturated heterocycles. The molecule has 0 spiro atoms. The Labute approximate surface area is 214 Å². The highest BCUT2D eigenvalue weighted by Crippen LogP contribution is 2.20. The summed E-state index contributed by atoms with van der Waals surface area (Å²) in [4.78, 5) is 26.4. The maximum atomic E-state index is 12.5. The van der Waals surface area contributed by atoms with E-state index in [1.165, 1.54) is 48.8 Å². The van der Waals surface area contributed by atoms with E-state index in [1.807, 2.05) is 6.07 Å². The molecule has 6 nitrogen and oxygen atoms in total. The normalized spacial score (nSPS) is 10.7. The van der Waals surface area contributed by atoms with Crippen molar-refractivity contribution in [3.05, 3.63) is 82.9 Å². The van der Waals surface area contributed by atoms with Crippen LogP contribution in [0.2, 0.25) is 0 Å². The van der Waals surface area contributed by atoms with Crippen LogP contribution in [0.15, 0.2) is 60.7 Å². The Hall–Kier alpha value is -2.93. The molecule has 3 aromatic rings. The minimum absolute atomic E-state index is 0. The third-order valence-corrected chi connectivity index (χ3v) is 5.99. The molecule has 0 unspecified atom stereocenters. The zero-order valence-electron chi connectivity index (χ0n) is 20.5. The van der Waals surface area contributed by atoms with E-state index in [2.05, 4.69) is 54.4 Å². The van der Waals surface area contributed by atoms with Crippen LogP contribution < -0.4 is 10.8 Å². The SMILES string of the molecule is CCCCN(CCCC)Cc1ccc2cc(CNC(=O)c3ccc(C(=O)NO)cc3)ccc2c1.Cl. The van der Waals surface area contributed by atoms with Gasteiger partial charge in [0.25, 0.3) is 11.8 Å². The van der Waals surface area contributed by atoms with Crippen LogP contribution in [0.25, 0.3) is 10.8 Å². The molecule has 0 radical (unpaired) electrons. The summed E-state index contributed by atoms with van der Waals surface area (Å²) >= 11 is 0. The molecule has 188 valence electrons. The van der Waals surface area contributed by atoms with Gasteiger partial charge in [-0.15, -0.1) is 12.4 Å². The van der Waals surface area contributed by atoms with Crippen molar-refractivity contribution in [2.45, 2.75) is 52.6 Å². The van der Waals surface area contributed by atoms with Crippen molar-refractivity contribution in [2.24, 2.45) is 0 Å². The fourth-order valence-electron chi connectivity index (χ4n) is 3.97. The lowest BCUT2D eigenvalue weighted by Gasteiger charge is -2.22. The van der Waals surface area contributed by atoms with Crippen LogP contribution in [-0.4, -0.2) is 35.0 Å². The number of hydrogen-bond donors (Lipinski definition) is 3. The standard InChI is InChI=1S/C28H35N3O3.ClH/c1-3-5-15-31(16-6-4-2)20-22-8-10-25-17-21(7-9-26(25)18-22)19-29-27(32)23-11-13-24(14-12-23)28(33)30-34;/h7-14,17-18,34H,3-6,15-16,19-20H2,1-2H3,(H,29,32)(H,30,33);1H. The number of carbonyl (C=O) groups excluding carboxylic acids is 2. The third-order valence-electron chi connectivity index (χ3n) is 5.99. The third kappa shape index (κ3) is 8.35. The van der Waals surface area contributed by atoms with Crippen molar-refractivity contribution >= 4 is 35.0 Å². The van der Waals surface area contributed by atoms with Gasteiger partial charge in [-0.1, -0.05) is 51.0 Å². The van der Waals surface area contributed by atoms with Gasteiger partial charge in [-0.05, 0) is 84.2 Å². The second-order valence-corrected chi connectivity index (χ2v) is 8.70. The maximum Gasteiger partial charge on any atom is 0.274 e. The first kappa shape index (κ1) is 28.3. The van der Waals surface area contributed by atoms with Gasteiger partial charge in [0.15, 0.2) is 0 Å². The quantitative estimate of drug-likeness (QED) is 0.221. The summed E-state index contributed by atoms with van der Waals surface area (Å²) in [5.41, 5.74) is 4.67. The van der Waals surface area contributed by atoms with Gasteiger partial charge < -0.3 is 5.32 Å². The number of hydroxylamine groups is 1. The molecule has 0 aromatic heterocycles. The molecule has 2 amide bonds. The van der Waals surface area contributed by atoms with Crippen LogP contribution >= 0.6 is 12.4 Å². The largest absolute Gasteiger partial charge is 0.348 e. The molecule has 7 heteroatoms. The molecule has 3 rings (SSSR count). The van der Waals surface area contributed by atoms with Crippen molar-refractivity contribution in [2.75, 3.05) is 13.1 Å². The molecular formula is C28H36ClN3O3. The molecule has 0 fully saturated rings. The molecule has 0 aliphatic heterocycles. The second-order valence-electron chi connectivity index (χ2n) is 8.70. The first-order valence-electron chi connectivity index (χ1n) is 12.1. The van der Waals surface area contributed by atoms with E-state index in [4.69, 9.17) is 5.21 Å². The van der Waals surface area contributed by atoms with Crippen LogP contribution in [0.1, 0.15) is 71.4 Å². The molecule has 3 N–H and O–H groups in total. The van der Waals surface area contributed by atoms with Gasteiger partial charge in [0.1, 0.15) is 0 Å². The van der Waals surface area contributed by atoms with Crippen molar-refractivity contribution in [3.63, 3.8) is 0 Å². The van der Waals surface area contributed by atoms with E-state index in [0.717, 1.165) is 30.6 Å². The van der Waals surface area contributed by atoms with Gasteiger partial charge in [-0.25, -0.2) is 5.48 Å². The highest BCUT2D eigenvalue weighted by molar-refractivity contribution is 5.97. The predicted molar refractivity (Wildman–Crippen MR) is 143 cm³/mol. The zero-order valence-corrected chi connectivity index (χ0v) is 21.4. The Balaban J connectivity index is 0.00000432.